The molecule has 5 heteroatoms. The first-order valence-electron chi connectivity index (χ1n) is 6.28. The van der Waals surface area contributed by atoms with Crippen molar-refractivity contribution in [3.63, 3.8) is 0 Å². The van der Waals surface area contributed by atoms with E-state index < -0.39 is 5.54 Å². The van der Waals surface area contributed by atoms with Gasteiger partial charge in [-0.05, 0) is 43.3 Å². The van der Waals surface area contributed by atoms with Gasteiger partial charge in [-0.3, -0.25) is 0 Å². The van der Waals surface area contributed by atoms with E-state index in [0.717, 1.165) is 36.0 Å². The minimum Gasteiger partial charge on any atom is -0.464 e. The largest absolute Gasteiger partial charge is 0.464 e. The van der Waals surface area contributed by atoms with Gasteiger partial charge in [0.25, 0.3) is 0 Å². The van der Waals surface area contributed by atoms with Gasteiger partial charge in [-0.25, -0.2) is 4.79 Å². The van der Waals surface area contributed by atoms with Gasteiger partial charge in [0.2, 0.25) is 0 Å². The average Bonchev–Trinajstić information content (AvgIpc) is 2.30. The van der Waals surface area contributed by atoms with Crippen molar-refractivity contribution in [1.29, 1.82) is 0 Å². The second kappa shape index (κ2) is 9.01. The summed E-state index contributed by atoms with van der Waals surface area (Å²) in [7, 11) is 0. The molecule has 0 amide bonds. The normalized spacial score (nSPS) is 14.7. The predicted octanol–water partition coefficient (Wildman–Crippen LogP) is 4.28. The third kappa shape index (κ3) is 5.94. The Hall–Kier alpha value is 0.01000. The molecule has 0 heterocycles. The zero-order chi connectivity index (χ0) is 13.3. The molecule has 0 aromatic rings. The number of nitrogens with zero attached hydrogens (tertiary/aromatic N) is 1. The van der Waals surface area contributed by atoms with E-state index in [1.165, 1.54) is 0 Å². The van der Waals surface area contributed by atoms with Crippen LogP contribution in [-0.4, -0.2) is 22.1 Å². The van der Waals surface area contributed by atoms with Crippen molar-refractivity contribution in [1.82, 2.24) is 3.94 Å². The molecule has 0 N–H and O–H groups in total. The monoisotopic (exact) mass is 283 g/mol. The number of esters is 1. The Labute approximate surface area is 115 Å². The highest BCUT2D eigenvalue weighted by Crippen LogP contribution is 2.28. The molecule has 1 atom stereocenters. The summed E-state index contributed by atoms with van der Waals surface area (Å²) < 4.78 is 6.05. The van der Waals surface area contributed by atoms with Crippen molar-refractivity contribution in [3.8, 4) is 0 Å². The molecule has 0 aromatic carbocycles. The number of rotatable bonds is 9. The molecule has 0 saturated heterocycles. The van der Waals surface area contributed by atoms with Crippen LogP contribution in [0.25, 0.3) is 0 Å². The molecule has 0 aliphatic rings. The van der Waals surface area contributed by atoms with Crippen molar-refractivity contribution in [2.45, 2.75) is 64.8 Å². The molecule has 0 radical (unpaired) electrons. The number of hydrogen-bond donors (Lipinski definition) is 0. The van der Waals surface area contributed by atoms with Gasteiger partial charge in [-0.2, -0.15) is 0 Å². The second-order valence-corrected chi connectivity index (χ2v) is 5.30. The molecule has 0 aromatic heterocycles. The summed E-state index contributed by atoms with van der Waals surface area (Å²) in [6.07, 6.45) is 5.72. The van der Waals surface area contributed by atoms with Crippen molar-refractivity contribution in [2.24, 2.45) is 0 Å². The number of unbranched alkanes of at least 4 members (excludes halogenated alkanes) is 3. The Bertz CT molecular complexity index is 225. The summed E-state index contributed by atoms with van der Waals surface area (Å²) >= 11 is 11.5. The predicted molar refractivity (Wildman–Crippen MR) is 72.0 cm³/mol. The van der Waals surface area contributed by atoms with Gasteiger partial charge in [0.05, 0.1) is 6.61 Å². The van der Waals surface area contributed by atoms with Crippen LogP contribution in [0.1, 0.15) is 59.3 Å². The Morgan fingerprint density at radius 2 is 1.82 bits per heavy atom. The van der Waals surface area contributed by atoms with E-state index in [9.17, 15) is 4.79 Å². The maximum Gasteiger partial charge on any atom is 0.329 e. The first-order valence-corrected chi connectivity index (χ1v) is 6.95. The van der Waals surface area contributed by atoms with E-state index in [4.69, 9.17) is 28.3 Å². The molecule has 0 rings (SSSR count). The lowest BCUT2D eigenvalue weighted by atomic mass is 9.95. The molecular formula is C12H23Cl2NO2. The Balaban J connectivity index is 4.29. The minimum atomic E-state index is -0.938. The van der Waals surface area contributed by atoms with E-state index in [0.29, 0.717) is 13.0 Å². The Morgan fingerprint density at radius 3 is 2.29 bits per heavy atom. The van der Waals surface area contributed by atoms with Crippen LogP contribution >= 0.6 is 23.6 Å². The fourth-order valence-electron chi connectivity index (χ4n) is 1.50. The van der Waals surface area contributed by atoms with E-state index >= 15 is 0 Å². The Kier molecular flexibility index (Phi) is 9.01. The van der Waals surface area contributed by atoms with Crippen LogP contribution in [0.5, 0.6) is 0 Å². The van der Waals surface area contributed by atoms with Crippen LogP contribution in [0.15, 0.2) is 0 Å². The summed E-state index contributed by atoms with van der Waals surface area (Å²) in [6, 6.07) is 0. The molecule has 3 nitrogen and oxygen atoms in total. The number of halogens is 2. The lowest BCUT2D eigenvalue weighted by molar-refractivity contribution is -0.153. The standard InChI is InChI=1S/C12H23Cl2NO2/c1-4-6-7-8-9-12(3,15(13)14)11(16)17-10-5-2/h4-10H2,1-3H3. The lowest BCUT2D eigenvalue weighted by Gasteiger charge is -2.29. The zero-order valence-electron chi connectivity index (χ0n) is 11.0. The third-order valence-electron chi connectivity index (χ3n) is 2.77. The van der Waals surface area contributed by atoms with Crippen LogP contribution in [0.2, 0.25) is 0 Å². The first kappa shape index (κ1) is 17.0. The van der Waals surface area contributed by atoms with Gasteiger partial charge in [-0.15, -0.1) is 3.94 Å². The van der Waals surface area contributed by atoms with E-state index in [2.05, 4.69) is 6.92 Å². The molecule has 102 valence electrons. The van der Waals surface area contributed by atoms with Crippen molar-refractivity contribution < 1.29 is 9.53 Å². The maximum absolute atomic E-state index is 11.9. The molecule has 0 saturated carbocycles. The highest BCUT2D eigenvalue weighted by molar-refractivity contribution is 6.35. The zero-order valence-corrected chi connectivity index (χ0v) is 12.5. The summed E-state index contributed by atoms with van der Waals surface area (Å²) in [6.45, 7) is 6.22. The van der Waals surface area contributed by atoms with Crippen LogP contribution in [0.3, 0.4) is 0 Å². The third-order valence-corrected chi connectivity index (χ3v) is 3.51. The second-order valence-electron chi connectivity index (χ2n) is 4.45. The van der Waals surface area contributed by atoms with Crippen LogP contribution in [0, 0.1) is 0 Å². The van der Waals surface area contributed by atoms with E-state index in [1.807, 2.05) is 6.92 Å². The maximum atomic E-state index is 11.9. The molecule has 0 aliphatic heterocycles. The number of hydrogen-bond acceptors (Lipinski definition) is 3. The minimum absolute atomic E-state index is 0.346. The summed E-state index contributed by atoms with van der Waals surface area (Å²) in [5, 5.41) is 0. The molecule has 17 heavy (non-hydrogen) atoms. The van der Waals surface area contributed by atoms with Crippen LogP contribution < -0.4 is 0 Å². The van der Waals surface area contributed by atoms with Crippen LogP contribution in [-0.2, 0) is 9.53 Å². The quantitative estimate of drug-likeness (QED) is 0.359. The van der Waals surface area contributed by atoms with Gasteiger partial charge >= 0.3 is 5.97 Å². The average molecular weight is 284 g/mol. The van der Waals surface area contributed by atoms with E-state index in [1.54, 1.807) is 6.92 Å². The molecule has 0 aliphatic carbocycles. The van der Waals surface area contributed by atoms with E-state index in [-0.39, 0.29) is 5.97 Å². The fraction of sp³-hybridized carbons (Fsp3) is 0.917. The number of carbonyl (C=O) groups excluding carboxylic acids is 1. The number of ether oxygens (including phenoxy) is 1. The van der Waals surface area contributed by atoms with Crippen molar-refractivity contribution >= 4 is 29.5 Å². The highest BCUT2D eigenvalue weighted by atomic mass is 35.5. The van der Waals surface area contributed by atoms with Gasteiger partial charge in [0.15, 0.2) is 0 Å². The van der Waals surface area contributed by atoms with Crippen molar-refractivity contribution in [2.75, 3.05) is 6.61 Å². The van der Waals surface area contributed by atoms with Gasteiger partial charge in [-0.1, -0.05) is 39.5 Å². The summed E-state index contributed by atoms with van der Waals surface area (Å²) in [4.78, 5) is 11.9. The lowest BCUT2D eigenvalue weighted by Crippen LogP contribution is -2.45. The highest BCUT2D eigenvalue weighted by Gasteiger charge is 2.39. The molecule has 1 unspecified atom stereocenters. The van der Waals surface area contributed by atoms with Gasteiger partial charge < -0.3 is 4.74 Å². The summed E-state index contributed by atoms with van der Waals surface area (Å²) in [5.74, 6) is -0.346. The smallest absolute Gasteiger partial charge is 0.329 e. The Morgan fingerprint density at radius 1 is 1.18 bits per heavy atom. The van der Waals surface area contributed by atoms with Crippen molar-refractivity contribution in [3.05, 3.63) is 0 Å². The number of carbonyl (C=O) groups is 1. The van der Waals surface area contributed by atoms with Gasteiger partial charge in [0, 0.05) is 0 Å². The fourth-order valence-corrected chi connectivity index (χ4v) is 1.81. The molecule has 0 bridgehead atoms. The SMILES string of the molecule is CCCCCCC(C)(C(=O)OCCC)N(Cl)Cl. The molecule has 0 fully saturated rings. The molecular weight excluding hydrogens is 261 g/mol. The van der Waals surface area contributed by atoms with Crippen LogP contribution in [0.4, 0.5) is 0 Å². The summed E-state index contributed by atoms with van der Waals surface area (Å²) in [5.41, 5.74) is -0.938. The molecule has 0 spiro atoms. The first-order chi connectivity index (χ1) is 7.99. The van der Waals surface area contributed by atoms with Gasteiger partial charge in [0.1, 0.15) is 5.54 Å². The topological polar surface area (TPSA) is 29.5 Å².